The van der Waals surface area contributed by atoms with E-state index in [0.717, 1.165) is 19.3 Å². The van der Waals surface area contributed by atoms with Gasteiger partial charge in [-0.05, 0) is 47.9 Å². The maximum Gasteiger partial charge on any atom is 0.333 e. The highest BCUT2D eigenvalue weighted by Crippen LogP contribution is 2.36. The van der Waals surface area contributed by atoms with E-state index in [2.05, 4.69) is 30.9 Å². The van der Waals surface area contributed by atoms with Gasteiger partial charge in [-0.25, -0.2) is 9.63 Å². The van der Waals surface area contributed by atoms with Crippen LogP contribution in [0.1, 0.15) is 51.6 Å². The van der Waals surface area contributed by atoms with Gasteiger partial charge < -0.3 is 10.1 Å². The normalized spacial score (nSPS) is 24.1. The summed E-state index contributed by atoms with van der Waals surface area (Å²) in [5, 5.41) is 2.72. The van der Waals surface area contributed by atoms with E-state index in [-0.39, 0.29) is 18.6 Å². The molecule has 0 heterocycles. The number of carbonyl (C=O) groups is 2. The standard InChI is InChI=1S/C20H29ClN2O3/c1-13(2)16-10-9-14(3)11-17(16)26-20(25)19(23-18(24)12-22-21)15-7-5-4-6-8-15/h4-8,13-14,16-17,19,22H,9-12H2,1-3H3,(H,23,24)/t14-,16+,17-,19+/m1/s1. The van der Waals surface area contributed by atoms with Crippen LogP contribution >= 0.6 is 11.8 Å². The molecule has 0 radical (unpaired) electrons. The molecule has 0 aromatic heterocycles. The average Bonchev–Trinajstić information content (AvgIpc) is 2.60. The lowest BCUT2D eigenvalue weighted by atomic mass is 9.75. The van der Waals surface area contributed by atoms with Crippen LogP contribution in [-0.4, -0.2) is 24.5 Å². The second kappa shape index (κ2) is 9.93. The van der Waals surface area contributed by atoms with Crippen molar-refractivity contribution in [1.29, 1.82) is 0 Å². The molecule has 1 aromatic carbocycles. The first-order valence-corrected chi connectivity index (χ1v) is 9.68. The second-order valence-corrected chi connectivity index (χ2v) is 7.79. The van der Waals surface area contributed by atoms with Crippen molar-refractivity contribution in [1.82, 2.24) is 10.2 Å². The van der Waals surface area contributed by atoms with E-state index in [1.54, 1.807) is 0 Å². The quantitative estimate of drug-likeness (QED) is 0.560. The van der Waals surface area contributed by atoms with Crippen LogP contribution in [-0.2, 0) is 14.3 Å². The molecule has 6 heteroatoms. The molecule has 4 atom stereocenters. The van der Waals surface area contributed by atoms with E-state index < -0.39 is 12.0 Å². The van der Waals surface area contributed by atoms with Gasteiger partial charge in [-0.15, -0.1) is 0 Å². The minimum absolute atomic E-state index is 0.0761. The van der Waals surface area contributed by atoms with Crippen LogP contribution in [0.15, 0.2) is 30.3 Å². The summed E-state index contributed by atoms with van der Waals surface area (Å²) in [7, 11) is 0. The zero-order chi connectivity index (χ0) is 19.1. The Morgan fingerprint density at radius 3 is 2.54 bits per heavy atom. The summed E-state index contributed by atoms with van der Waals surface area (Å²) in [5.41, 5.74) is 0.699. The predicted molar refractivity (Wildman–Crippen MR) is 102 cm³/mol. The van der Waals surface area contributed by atoms with Crippen molar-refractivity contribution in [2.45, 2.75) is 52.2 Å². The molecule has 0 aliphatic heterocycles. The Hall–Kier alpha value is -1.59. The first-order valence-electron chi connectivity index (χ1n) is 9.30. The lowest BCUT2D eigenvalue weighted by molar-refractivity contribution is -0.159. The number of carbonyl (C=O) groups excluding carboxylic acids is 2. The Kier molecular flexibility index (Phi) is 7.91. The fraction of sp³-hybridized carbons (Fsp3) is 0.600. The molecule has 1 aromatic rings. The topological polar surface area (TPSA) is 67.4 Å². The number of ether oxygens (including phenoxy) is 1. The van der Waals surface area contributed by atoms with Gasteiger partial charge in [-0.3, -0.25) is 4.79 Å². The van der Waals surface area contributed by atoms with Crippen molar-refractivity contribution in [2.75, 3.05) is 6.54 Å². The molecular weight excluding hydrogens is 352 g/mol. The Morgan fingerprint density at radius 1 is 1.23 bits per heavy atom. The minimum atomic E-state index is -0.834. The van der Waals surface area contributed by atoms with Crippen LogP contribution in [0.4, 0.5) is 0 Å². The minimum Gasteiger partial charge on any atom is -0.460 e. The monoisotopic (exact) mass is 380 g/mol. The molecule has 1 amide bonds. The Morgan fingerprint density at radius 2 is 1.92 bits per heavy atom. The van der Waals surface area contributed by atoms with Gasteiger partial charge in [0.15, 0.2) is 6.04 Å². The Bertz CT molecular complexity index is 594. The van der Waals surface area contributed by atoms with Crippen LogP contribution in [0.5, 0.6) is 0 Å². The number of hydrogen-bond donors (Lipinski definition) is 2. The van der Waals surface area contributed by atoms with Crippen molar-refractivity contribution >= 4 is 23.7 Å². The van der Waals surface area contributed by atoms with Crippen molar-refractivity contribution in [3.8, 4) is 0 Å². The number of hydrogen-bond acceptors (Lipinski definition) is 4. The molecule has 2 N–H and O–H groups in total. The van der Waals surface area contributed by atoms with Crippen molar-refractivity contribution in [3.63, 3.8) is 0 Å². The van der Waals surface area contributed by atoms with Crippen molar-refractivity contribution < 1.29 is 14.3 Å². The van der Waals surface area contributed by atoms with E-state index in [1.807, 2.05) is 30.3 Å². The smallest absolute Gasteiger partial charge is 0.333 e. The van der Waals surface area contributed by atoms with Crippen LogP contribution < -0.4 is 10.2 Å². The van der Waals surface area contributed by atoms with Gasteiger partial charge in [0.25, 0.3) is 0 Å². The fourth-order valence-corrected chi connectivity index (χ4v) is 3.79. The summed E-state index contributed by atoms with van der Waals surface area (Å²) >= 11 is 5.40. The molecule has 1 aliphatic rings. The number of rotatable bonds is 7. The predicted octanol–water partition coefficient (Wildman–Crippen LogP) is 3.59. The third kappa shape index (κ3) is 5.71. The van der Waals surface area contributed by atoms with E-state index in [0.29, 0.717) is 23.3 Å². The number of amides is 1. The van der Waals surface area contributed by atoms with E-state index in [1.165, 1.54) is 0 Å². The summed E-state index contributed by atoms with van der Waals surface area (Å²) in [5.74, 6) is 0.567. The summed E-state index contributed by atoms with van der Waals surface area (Å²) in [6.07, 6.45) is 2.99. The van der Waals surface area contributed by atoms with E-state index in [9.17, 15) is 9.59 Å². The van der Waals surface area contributed by atoms with E-state index >= 15 is 0 Å². The highest BCUT2D eigenvalue weighted by atomic mass is 35.5. The summed E-state index contributed by atoms with van der Waals surface area (Å²) in [4.78, 5) is 27.2. The van der Waals surface area contributed by atoms with Crippen molar-refractivity contribution in [2.24, 2.45) is 17.8 Å². The summed E-state index contributed by atoms with van der Waals surface area (Å²) in [6.45, 7) is 6.46. The first-order chi connectivity index (χ1) is 12.4. The molecule has 2 rings (SSSR count). The molecule has 0 unspecified atom stereocenters. The molecular formula is C20H29ClN2O3. The molecule has 1 fully saturated rings. The number of nitrogens with one attached hydrogen (secondary N) is 2. The lowest BCUT2D eigenvalue weighted by Crippen LogP contribution is -2.42. The maximum absolute atomic E-state index is 12.9. The largest absolute Gasteiger partial charge is 0.460 e. The van der Waals surface area contributed by atoms with Crippen LogP contribution in [0.25, 0.3) is 0 Å². The molecule has 26 heavy (non-hydrogen) atoms. The second-order valence-electron chi connectivity index (χ2n) is 7.52. The number of halogens is 1. The first kappa shape index (κ1) is 20.7. The third-order valence-electron chi connectivity index (χ3n) is 5.13. The molecule has 144 valence electrons. The van der Waals surface area contributed by atoms with Gasteiger partial charge in [0, 0.05) is 0 Å². The zero-order valence-corrected chi connectivity index (χ0v) is 16.5. The Labute approximate surface area is 160 Å². The zero-order valence-electron chi connectivity index (χ0n) is 15.7. The van der Waals surface area contributed by atoms with Gasteiger partial charge >= 0.3 is 5.97 Å². The summed E-state index contributed by atoms with van der Waals surface area (Å²) < 4.78 is 5.92. The molecule has 0 spiro atoms. The van der Waals surface area contributed by atoms with Crippen LogP contribution in [0, 0.1) is 17.8 Å². The molecule has 5 nitrogen and oxygen atoms in total. The van der Waals surface area contributed by atoms with Gasteiger partial charge in [0.1, 0.15) is 6.10 Å². The average molecular weight is 381 g/mol. The maximum atomic E-state index is 12.9. The SMILES string of the molecule is CC(C)[C@@H]1CC[C@@H](C)C[C@H]1OC(=O)[C@@H](NC(=O)CNCl)c1ccccc1. The van der Waals surface area contributed by atoms with Gasteiger partial charge in [-0.1, -0.05) is 57.5 Å². The van der Waals surface area contributed by atoms with Gasteiger partial charge in [0.2, 0.25) is 5.91 Å². The van der Waals surface area contributed by atoms with Gasteiger partial charge in [0.05, 0.1) is 6.54 Å². The highest BCUT2D eigenvalue weighted by Gasteiger charge is 2.35. The van der Waals surface area contributed by atoms with E-state index in [4.69, 9.17) is 16.5 Å². The number of benzene rings is 1. The lowest BCUT2D eigenvalue weighted by Gasteiger charge is -2.37. The molecule has 0 bridgehead atoms. The number of esters is 1. The van der Waals surface area contributed by atoms with Crippen molar-refractivity contribution in [3.05, 3.63) is 35.9 Å². The fourth-order valence-electron chi connectivity index (χ4n) is 3.66. The molecule has 0 saturated heterocycles. The summed E-state index contributed by atoms with van der Waals surface area (Å²) in [6, 6.07) is 8.32. The Balaban J connectivity index is 2.15. The van der Waals surface area contributed by atoms with Gasteiger partial charge in [-0.2, -0.15) is 0 Å². The third-order valence-corrected chi connectivity index (χ3v) is 5.26. The molecule has 1 saturated carbocycles. The molecule has 1 aliphatic carbocycles. The van der Waals surface area contributed by atoms with Crippen LogP contribution in [0.2, 0.25) is 0 Å². The van der Waals surface area contributed by atoms with Crippen LogP contribution in [0.3, 0.4) is 0 Å². The highest BCUT2D eigenvalue weighted by molar-refractivity contribution is 6.14.